The zero-order valence-electron chi connectivity index (χ0n) is 11.1. The van der Waals surface area contributed by atoms with Crippen LogP contribution in [0.5, 0.6) is 0 Å². The molecule has 3 aliphatic rings. The lowest BCUT2D eigenvalue weighted by molar-refractivity contribution is -0.129. The number of likely N-dealkylation sites (tertiary alicyclic amines) is 2. The van der Waals surface area contributed by atoms with Gasteiger partial charge in [-0.05, 0) is 31.2 Å². The van der Waals surface area contributed by atoms with Gasteiger partial charge in [0, 0.05) is 43.7 Å². The molecule has 3 heterocycles. The fraction of sp³-hybridized carbons (Fsp3) is 0.667. The molecule has 4 rings (SSSR count). The van der Waals surface area contributed by atoms with Crippen molar-refractivity contribution in [2.45, 2.75) is 44.3 Å². The van der Waals surface area contributed by atoms with Crippen LogP contribution in [0.2, 0.25) is 0 Å². The average molecular weight is 260 g/mol. The van der Waals surface area contributed by atoms with Crippen molar-refractivity contribution < 1.29 is 9.21 Å². The number of furan rings is 1. The lowest BCUT2D eigenvalue weighted by atomic mass is 10.1. The molecule has 0 bridgehead atoms. The third-order valence-corrected chi connectivity index (χ3v) is 4.85. The Balaban J connectivity index is 1.45. The Bertz CT molecular complexity index is 466. The van der Waals surface area contributed by atoms with Gasteiger partial charge >= 0.3 is 0 Å². The van der Waals surface area contributed by atoms with Crippen molar-refractivity contribution in [3.63, 3.8) is 0 Å². The fourth-order valence-electron chi connectivity index (χ4n) is 3.64. The van der Waals surface area contributed by atoms with Gasteiger partial charge in [0.05, 0.1) is 12.5 Å². The second-order valence-electron chi connectivity index (χ2n) is 6.22. The van der Waals surface area contributed by atoms with E-state index in [1.54, 1.807) is 6.26 Å². The monoisotopic (exact) mass is 260 g/mol. The number of rotatable bonds is 4. The van der Waals surface area contributed by atoms with Crippen LogP contribution in [0.4, 0.5) is 0 Å². The SMILES string of the molecule is O=C1CC2C(CCN2Cc2ccoc2)N1CC1CC1. The molecule has 0 spiro atoms. The van der Waals surface area contributed by atoms with Gasteiger partial charge < -0.3 is 9.32 Å². The van der Waals surface area contributed by atoms with E-state index in [1.165, 1.54) is 18.4 Å². The van der Waals surface area contributed by atoms with Crippen LogP contribution in [0.25, 0.3) is 0 Å². The molecule has 2 atom stereocenters. The van der Waals surface area contributed by atoms with Crippen molar-refractivity contribution in [3.05, 3.63) is 24.2 Å². The average Bonchev–Trinajstić information content (AvgIpc) is 2.80. The second kappa shape index (κ2) is 4.37. The first-order valence-electron chi connectivity index (χ1n) is 7.36. The summed E-state index contributed by atoms with van der Waals surface area (Å²) >= 11 is 0. The maximum atomic E-state index is 12.2. The van der Waals surface area contributed by atoms with Crippen LogP contribution in [0.3, 0.4) is 0 Å². The number of hydrogen-bond acceptors (Lipinski definition) is 3. The van der Waals surface area contributed by atoms with Crippen LogP contribution in [0.1, 0.15) is 31.2 Å². The number of carbonyl (C=O) groups excluding carboxylic acids is 1. The zero-order chi connectivity index (χ0) is 12.8. The molecule has 2 saturated heterocycles. The van der Waals surface area contributed by atoms with E-state index in [0.29, 0.717) is 18.0 Å². The first-order valence-corrected chi connectivity index (χ1v) is 7.36. The first-order chi connectivity index (χ1) is 9.31. The molecule has 2 unspecified atom stereocenters. The number of carbonyl (C=O) groups is 1. The van der Waals surface area contributed by atoms with Gasteiger partial charge in [-0.1, -0.05) is 0 Å². The van der Waals surface area contributed by atoms with Gasteiger partial charge in [0.25, 0.3) is 0 Å². The van der Waals surface area contributed by atoms with E-state index in [-0.39, 0.29) is 0 Å². The maximum absolute atomic E-state index is 12.2. The van der Waals surface area contributed by atoms with Crippen molar-refractivity contribution in [2.75, 3.05) is 13.1 Å². The summed E-state index contributed by atoms with van der Waals surface area (Å²) in [6.45, 7) is 3.04. The second-order valence-corrected chi connectivity index (χ2v) is 6.22. The predicted molar refractivity (Wildman–Crippen MR) is 70.4 cm³/mol. The molecular formula is C15H20N2O2. The molecule has 102 valence electrons. The van der Waals surface area contributed by atoms with Crippen LogP contribution in [0, 0.1) is 5.92 Å². The van der Waals surface area contributed by atoms with E-state index in [1.807, 2.05) is 12.3 Å². The molecule has 0 radical (unpaired) electrons. The molecule has 0 aromatic carbocycles. The Morgan fingerprint density at radius 2 is 2.16 bits per heavy atom. The van der Waals surface area contributed by atoms with E-state index >= 15 is 0 Å². The van der Waals surface area contributed by atoms with E-state index < -0.39 is 0 Å². The molecule has 2 aliphatic heterocycles. The maximum Gasteiger partial charge on any atom is 0.224 e. The third kappa shape index (κ3) is 2.08. The van der Waals surface area contributed by atoms with Crippen molar-refractivity contribution in [1.29, 1.82) is 0 Å². The van der Waals surface area contributed by atoms with Crippen molar-refractivity contribution >= 4 is 5.91 Å². The Morgan fingerprint density at radius 3 is 2.89 bits per heavy atom. The van der Waals surface area contributed by atoms with Crippen LogP contribution in [-0.2, 0) is 11.3 Å². The van der Waals surface area contributed by atoms with Crippen molar-refractivity contribution in [1.82, 2.24) is 9.80 Å². The third-order valence-electron chi connectivity index (χ3n) is 4.85. The summed E-state index contributed by atoms with van der Waals surface area (Å²) in [6.07, 6.45) is 8.03. The Labute approximate surface area is 113 Å². The minimum absolute atomic E-state index is 0.374. The van der Waals surface area contributed by atoms with Crippen molar-refractivity contribution in [2.24, 2.45) is 5.92 Å². The minimum Gasteiger partial charge on any atom is -0.472 e. The summed E-state index contributed by atoms with van der Waals surface area (Å²) in [5.41, 5.74) is 1.22. The summed E-state index contributed by atoms with van der Waals surface area (Å²) in [4.78, 5) is 16.8. The number of fused-ring (bicyclic) bond motifs is 1. The lowest BCUT2D eigenvalue weighted by Crippen LogP contribution is -2.38. The number of nitrogens with zero attached hydrogens (tertiary/aromatic N) is 2. The number of hydrogen-bond donors (Lipinski definition) is 0. The van der Waals surface area contributed by atoms with Crippen molar-refractivity contribution in [3.8, 4) is 0 Å². The summed E-state index contributed by atoms with van der Waals surface area (Å²) < 4.78 is 5.14. The number of amides is 1. The zero-order valence-corrected chi connectivity index (χ0v) is 11.1. The van der Waals surface area contributed by atoms with E-state index in [0.717, 1.165) is 38.4 Å². The predicted octanol–water partition coefficient (Wildman–Crippen LogP) is 1.86. The molecular weight excluding hydrogens is 240 g/mol. The molecule has 0 N–H and O–H groups in total. The molecule has 1 saturated carbocycles. The first kappa shape index (κ1) is 11.5. The van der Waals surface area contributed by atoms with Gasteiger partial charge in [0.2, 0.25) is 5.91 Å². The van der Waals surface area contributed by atoms with Gasteiger partial charge in [-0.2, -0.15) is 0 Å². The highest BCUT2D eigenvalue weighted by Gasteiger charge is 2.47. The topological polar surface area (TPSA) is 36.7 Å². The van der Waals surface area contributed by atoms with Gasteiger partial charge in [-0.25, -0.2) is 0 Å². The smallest absolute Gasteiger partial charge is 0.224 e. The molecule has 19 heavy (non-hydrogen) atoms. The highest BCUT2D eigenvalue weighted by molar-refractivity contribution is 5.80. The van der Waals surface area contributed by atoms with Gasteiger partial charge in [0.15, 0.2) is 0 Å². The van der Waals surface area contributed by atoms with E-state index in [9.17, 15) is 4.79 Å². The van der Waals surface area contributed by atoms with Crippen LogP contribution in [0.15, 0.2) is 23.0 Å². The lowest BCUT2D eigenvalue weighted by Gasteiger charge is -2.25. The van der Waals surface area contributed by atoms with Crippen LogP contribution >= 0.6 is 0 Å². The summed E-state index contributed by atoms with van der Waals surface area (Å²) in [6, 6.07) is 2.92. The van der Waals surface area contributed by atoms with E-state index in [4.69, 9.17) is 4.42 Å². The van der Waals surface area contributed by atoms with Crippen LogP contribution < -0.4 is 0 Å². The highest BCUT2D eigenvalue weighted by atomic mass is 16.3. The summed E-state index contributed by atoms with van der Waals surface area (Å²) in [7, 11) is 0. The summed E-state index contributed by atoms with van der Waals surface area (Å²) in [5, 5.41) is 0. The quantitative estimate of drug-likeness (QED) is 0.829. The van der Waals surface area contributed by atoms with Crippen LogP contribution in [-0.4, -0.2) is 40.9 Å². The Hall–Kier alpha value is -1.29. The highest BCUT2D eigenvalue weighted by Crippen LogP contribution is 2.37. The van der Waals surface area contributed by atoms with Gasteiger partial charge in [0.1, 0.15) is 0 Å². The summed E-state index contributed by atoms with van der Waals surface area (Å²) in [5.74, 6) is 1.17. The molecule has 1 amide bonds. The molecule has 1 aromatic rings. The fourth-order valence-corrected chi connectivity index (χ4v) is 3.64. The Kier molecular flexibility index (Phi) is 2.65. The van der Waals surface area contributed by atoms with Gasteiger partial charge in [-0.15, -0.1) is 0 Å². The normalized spacial score (nSPS) is 31.2. The standard InChI is InChI=1S/C15H20N2O2/c18-15-7-14-13(17(15)9-11-1-2-11)3-5-16(14)8-12-4-6-19-10-12/h4,6,10-11,13-14H,1-3,5,7-9H2. The molecule has 1 aliphatic carbocycles. The molecule has 3 fully saturated rings. The molecule has 4 heteroatoms. The molecule has 4 nitrogen and oxygen atoms in total. The largest absolute Gasteiger partial charge is 0.472 e. The minimum atomic E-state index is 0.374. The molecule has 1 aromatic heterocycles. The van der Waals surface area contributed by atoms with Gasteiger partial charge in [-0.3, -0.25) is 9.69 Å². The van der Waals surface area contributed by atoms with E-state index in [2.05, 4.69) is 9.80 Å². The Morgan fingerprint density at radius 1 is 1.26 bits per heavy atom.